The highest BCUT2D eigenvalue weighted by Crippen LogP contribution is 2.43. The summed E-state index contributed by atoms with van der Waals surface area (Å²) in [6, 6.07) is 20.9. The van der Waals surface area contributed by atoms with Gasteiger partial charge in [-0.05, 0) is 36.1 Å². The Kier molecular flexibility index (Phi) is 5.69. The van der Waals surface area contributed by atoms with Gasteiger partial charge in [-0.3, -0.25) is 4.79 Å². The normalized spacial score (nSPS) is 20.1. The largest absolute Gasteiger partial charge is 0.299 e. The van der Waals surface area contributed by atoms with Crippen molar-refractivity contribution in [2.24, 2.45) is 5.41 Å². The van der Waals surface area contributed by atoms with Crippen molar-refractivity contribution in [1.29, 1.82) is 0 Å². The van der Waals surface area contributed by atoms with E-state index in [-0.39, 0.29) is 5.41 Å². The van der Waals surface area contributed by atoms with Gasteiger partial charge in [0.05, 0.1) is 13.5 Å². The fourth-order valence-corrected chi connectivity index (χ4v) is 6.66. The third kappa shape index (κ3) is 4.23. The molecule has 0 bridgehead atoms. The molecule has 1 fully saturated rings. The van der Waals surface area contributed by atoms with Crippen molar-refractivity contribution in [3.8, 4) is 0 Å². The summed E-state index contributed by atoms with van der Waals surface area (Å²) in [7, 11) is -1.75. The zero-order valence-electron chi connectivity index (χ0n) is 17.0. The Bertz CT molecular complexity index is 826. The lowest BCUT2D eigenvalue weighted by atomic mass is 9.74. The van der Waals surface area contributed by atoms with Gasteiger partial charge < -0.3 is 0 Å². The van der Waals surface area contributed by atoms with Gasteiger partial charge in [-0.15, -0.1) is 5.73 Å². The van der Waals surface area contributed by atoms with Crippen LogP contribution >= 0.6 is 0 Å². The van der Waals surface area contributed by atoms with E-state index < -0.39 is 8.07 Å². The van der Waals surface area contributed by atoms with Crippen LogP contribution in [-0.4, -0.2) is 13.9 Å². The van der Waals surface area contributed by atoms with Crippen LogP contribution in [0.5, 0.6) is 0 Å². The summed E-state index contributed by atoms with van der Waals surface area (Å²) in [6.45, 7) is 9.20. The summed E-state index contributed by atoms with van der Waals surface area (Å²) < 4.78 is 0. The number of allylic oxidation sites excluding steroid dienone is 1. The molecular weight excluding hydrogens is 344 g/mol. The average Bonchev–Trinajstić information content (AvgIpc) is 2.65. The second-order valence-electron chi connectivity index (χ2n) is 8.82. The first-order chi connectivity index (χ1) is 12.8. The zero-order chi connectivity index (χ0) is 19.5. The molecule has 1 nitrogen and oxygen atoms in total. The van der Waals surface area contributed by atoms with Crippen molar-refractivity contribution in [2.45, 2.75) is 52.2 Å². The Labute approximate surface area is 164 Å². The molecule has 0 aliphatic heterocycles. The van der Waals surface area contributed by atoms with Crippen LogP contribution in [0.1, 0.15) is 43.7 Å². The fourth-order valence-electron chi connectivity index (χ4n) is 4.24. The van der Waals surface area contributed by atoms with Gasteiger partial charge in [-0.25, -0.2) is 0 Å². The molecule has 1 atom stereocenters. The van der Waals surface area contributed by atoms with Gasteiger partial charge >= 0.3 is 0 Å². The quantitative estimate of drug-likeness (QED) is 0.431. The molecule has 0 aromatic heterocycles. The van der Waals surface area contributed by atoms with Gasteiger partial charge in [0, 0.05) is 12.0 Å². The third-order valence-electron chi connectivity index (χ3n) is 5.62. The molecule has 1 aliphatic carbocycles. The van der Waals surface area contributed by atoms with E-state index in [0.29, 0.717) is 12.2 Å². The van der Waals surface area contributed by atoms with Crippen LogP contribution in [0.3, 0.4) is 0 Å². The van der Waals surface area contributed by atoms with E-state index in [1.54, 1.807) is 0 Å². The average molecular weight is 375 g/mol. The number of carbonyl (C=O) groups excluding carboxylic acids is 1. The number of hydrogen-bond acceptors (Lipinski definition) is 1. The van der Waals surface area contributed by atoms with Crippen molar-refractivity contribution in [3.63, 3.8) is 0 Å². The summed E-state index contributed by atoms with van der Waals surface area (Å²) in [5, 5.41) is 1.27. The Morgan fingerprint density at radius 3 is 1.85 bits per heavy atom. The minimum absolute atomic E-state index is 0.364. The topological polar surface area (TPSA) is 17.1 Å². The first-order valence-corrected chi connectivity index (χ1v) is 13.5. The molecule has 1 aliphatic rings. The molecule has 27 heavy (non-hydrogen) atoms. The molecule has 140 valence electrons. The van der Waals surface area contributed by atoms with Crippen LogP contribution in [0.4, 0.5) is 0 Å². The standard InChI is InChI=1S/C25H30OSi/c1-25(18-12-11-17-23(25)26)24(27(2,3)4)19-22(20-13-7-5-8-14-20)21-15-9-6-10-16-21/h5-10,13-16H,11-12,17-18H2,1-4H3. The highest BCUT2D eigenvalue weighted by atomic mass is 28.3. The highest BCUT2D eigenvalue weighted by Gasteiger charge is 2.43. The van der Waals surface area contributed by atoms with Crippen LogP contribution in [0, 0.1) is 5.41 Å². The fraction of sp³-hybridized carbons (Fsp3) is 0.360. The number of hydrogen-bond donors (Lipinski definition) is 0. The van der Waals surface area contributed by atoms with Crippen LogP contribution in [-0.2, 0) is 4.79 Å². The number of rotatable bonds is 4. The van der Waals surface area contributed by atoms with Gasteiger partial charge in [0.25, 0.3) is 0 Å². The van der Waals surface area contributed by atoms with Gasteiger partial charge in [0.15, 0.2) is 0 Å². The zero-order valence-corrected chi connectivity index (χ0v) is 18.0. The predicted molar refractivity (Wildman–Crippen MR) is 117 cm³/mol. The smallest absolute Gasteiger partial charge is 0.143 e. The van der Waals surface area contributed by atoms with Crippen LogP contribution in [0.2, 0.25) is 19.6 Å². The van der Waals surface area contributed by atoms with Crippen molar-refractivity contribution in [3.05, 3.63) is 82.7 Å². The summed E-state index contributed by atoms with van der Waals surface area (Å²) in [4.78, 5) is 13.0. The first kappa shape index (κ1) is 19.6. The Morgan fingerprint density at radius 2 is 1.41 bits per heavy atom. The van der Waals surface area contributed by atoms with E-state index >= 15 is 0 Å². The molecule has 0 N–H and O–H groups in total. The van der Waals surface area contributed by atoms with Gasteiger partial charge in [0.1, 0.15) is 5.78 Å². The summed E-state index contributed by atoms with van der Waals surface area (Å²) in [5.41, 5.74) is 6.90. The molecule has 2 aromatic rings. The Balaban J connectivity index is 2.33. The molecule has 2 heteroatoms. The molecule has 0 heterocycles. The van der Waals surface area contributed by atoms with Crippen molar-refractivity contribution >= 4 is 19.4 Å². The molecule has 0 saturated heterocycles. The molecule has 2 aromatic carbocycles. The Hall–Kier alpha value is -2.15. The van der Waals surface area contributed by atoms with Gasteiger partial charge in [0.2, 0.25) is 0 Å². The number of benzene rings is 2. The number of ketones is 1. The first-order valence-electron chi connectivity index (χ1n) is 9.98. The maximum absolute atomic E-state index is 13.0. The predicted octanol–water partition coefficient (Wildman–Crippen LogP) is 6.67. The molecular formula is C25H30OSi. The molecule has 0 amide bonds. The molecule has 1 unspecified atom stereocenters. The van der Waals surface area contributed by atoms with Crippen LogP contribution < -0.4 is 0 Å². The minimum atomic E-state index is -1.75. The molecule has 1 saturated carbocycles. The summed E-state index contributed by atoms with van der Waals surface area (Å²) >= 11 is 0. The maximum Gasteiger partial charge on any atom is 0.143 e. The van der Waals surface area contributed by atoms with Crippen LogP contribution in [0.25, 0.3) is 5.57 Å². The van der Waals surface area contributed by atoms with E-state index in [1.165, 1.54) is 5.20 Å². The number of carbonyl (C=O) groups is 1. The highest BCUT2D eigenvalue weighted by molar-refractivity contribution is 6.83. The maximum atomic E-state index is 13.0. The van der Waals surface area contributed by atoms with E-state index in [4.69, 9.17) is 0 Å². The van der Waals surface area contributed by atoms with Gasteiger partial charge in [-0.2, -0.15) is 0 Å². The third-order valence-corrected chi connectivity index (χ3v) is 7.80. The Morgan fingerprint density at radius 1 is 0.889 bits per heavy atom. The number of Topliss-reactive ketones (excluding diaryl/α,β-unsaturated/α-hetero) is 1. The summed E-state index contributed by atoms with van der Waals surface area (Å²) in [5.74, 6) is 0.402. The molecule has 0 spiro atoms. The lowest BCUT2D eigenvalue weighted by Crippen LogP contribution is -2.42. The lowest BCUT2D eigenvalue weighted by molar-refractivity contribution is -0.127. The van der Waals surface area contributed by atoms with Crippen molar-refractivity contribution in [1.82, 2.24) is 0 Å². The second kappa shape index (κ2) is 7.84. The minimum Gasteiger partial charge on any atom is -0.299 e. The SMILES string of the molecule is CC1(C(=C=C(c2ccccc2)c2ccccc2)[Si](C)(C)C)CCCCC1=O. The van der Waals surface area contributed by atoms with E-state index in [0.717, 1.165) is 36.0 Å². The van der Waals surface area contributed by atoms with E-state index in [1.807, 2.05) is 12.1 Å². The van der Waals surface area contributed by atoms with Crippen LogP contribution in [0.15, 0.2) is 71.6 Å². The lowest BCUT2D eigenvalue weighted by Gasteiger charge is -2.39. The van der Waals surface area contributed by atoms with E-state index in [9.17, 15) is 4.79 Å². The van der Waals surface area contributed by atoms with Crippen molar-refractivity contribution in [2.75, 3.05) is 0 Å². The van der Waals surface area contributed by atoms with E-state index in [2.05, 4.69) is 80.8 Å². The second-order valence-corrected chi connectivity index (χ2v) is 13.8. The van der Waals surface area contributed by atoms with Crippen molar-refractivity contribution < 1.29 is 4.79 Å². The monoisotopic (exact) mass is 374 g/mol. The molecule has 3 rings (SSSR count). The molecule has 0 radical (unpaired) electrons. The summed E-state index contributed by atoms with van der Waals surface area (Å²) in [6.07, 6.45) is 3.82. The van der Waals surface area contributed by atoms with Gasteiger partial charge in [-0.1, -0.05) is 86.7 Å².